The summed E-state index contributed by atoms with van der Waals surface area (Å²) in [4.78, 5) is 10.7. The van der Waals surface area contributed by atoms with E-state index in [9.17, 15) is 4.79 Å². The van der Waals surface area contributed by atoms with E-state index >= 15 is 0 Å². The van der Waals surface area contributed by atoms with Crippen LogP contribution in [0.4, 0.5) is 0 Å². The molecule has 0 aliphatic carbocycles. The summed E-state index contributed by atoms with van der Waals surface area (Å²) in [6.07, 6.45) is 1.19. The Morgan fingerprint density at radius 3 is 2.70 bits per heavy atom. The van der Waals surface area contributed by atoms with Crippen molar-refractivity contribution in [1.82, 2.24) is 0 Å². The zero-order chi connectivity index (χ0) is 7.98. The highest BCUT2D eigenvalue weighted by atomic mass is 32.1. The molecule has 2 nitrogen and oxygen atoms in total. The van der Waals surface area contributed by atoms with Crippen molar-refractivity contribution in [2.24, 2.45) is 0 Å². The van der Waals surface area contributed by atoms with Gasteiger partial charge in [-0.2, -0.15) is 12.6 Å². The average molecular weight is 162 g/mol. The van der Waals surface area contributed by atoms with Gasteiger partial charge in [0.15, 0.2) is 0 Å². The second-order valence-electron chi connectivity index (χ2n) is 2.27. The number of rotatable bonds is 5. The molecule has 0 aliphatic rings. The minimum atomic E-state index is -0.418. The van der Waals surface area contributed by atoms with Crippen LogP contribution in [0, 0.1) is 0 Å². The lowest BCUT2D eigenvalue weighted by Gasteiger charge is -2.03. The highest BCUT2D eigenvalue weighted by molar-refractivity contribution is 7.80. The van der Waals surface area contributed by atoms with E-state index in [0.717, 1.165) is 0 Å². The molecule has 0 saturated heterocycles. The molecule has 0 aliphatic heterocycles. The molecule has 60 valence electrons. The number of ketones is 1. The molecule has 0 aromatic heterocycles. The van der Waals surface area contributed by atoms with Crippen LogP contribution in [0.3, 0.4) is 0 Å². The van der Waals surface area contributed by atoms with Crippen LogP contribution in [-0.4, -0.2) is 22.7 Å². The van der Waals surface area contributed by atoms with Gasteiger partial charge in [0, 0.05) is 18.6 Å². The molecule has 0 bridgehead atoms. The topological polar surface area (TPSA) is 37.3 Å². The maximum Gasteiger partial charge on any atom is 0.132 e. The Balaban J connectivity index is 3.26. The van der Waals surface area contributed by atoms with E-state index in [-0.39, 0.29) is 5.78 Å². The molecule has 1 unspecified atom stereocenters. The number of Topliss-reactive ketones (excluding diaryl/α,β-unsaturated/α-hetero) is 1. The van der Waals surface area contributed by atoms with Crippen molar-refractivity contribution in [1.29, 1.82) is 0 Å². The summed E-state index contributed by atoms with van der Waals surface area (Å²) < 4.78 is 0. The maximum absolute atomic E-state index is 10.7. The Morgan fingerprint density at radius 1 is 1.70 bits per heavy atom. The van der Waals surface area contributed by atoms with Crippen LogP contribution in [-0.2, 0) is 4.79 Å². The smallest absolute Gasteiger partial charge is 0.132 e. The fourth-order valence-electron chi connectivity index (χ4n) is 0.596. The van der Waals surface area contributed by atoms with E-state index in [1.165, 1.54) is 0 Å². The van der Waals surface area contributed by atoms with Crippen molar-refractivity contribution in [3.8, 4) is 0 Å². The van der Waals surface area contributed by atoms with Crippen molar-refractivity contribution in [3.63, 3.8) is 0 Å². The summed E-state index contributed by atoms with van der Waals surface area (Å²) in [5, 5.41) is 8.97. The molecule has 0 fully saturated rings. The van der Waals surface area contributed by atoms with Crippen LogP contribution in [0.1, 0.15) is 26.2 Å². The van der Waals surface area contributed by atoms with Crippen LogP contribution >= 0.6 is 12.6 Å². The normalized spacial score (nSPS) is 13.1. The first-order chi connectivity index (χ1) is 4.70. The van der Waals surface area contributed by atoms with Crippen molar-refractivity contribution < 1.29 is 9.90 Å². The third-order valence-electron chi connectivity index (χ3n) is 1.36. The highest BCUT2D eigenvalue weighted by Crippen LogP contribution is 2.00. The second kappa shape index (κ2) is 5.74. The fourth-order valence-corrected chi connectivity index (χ4v) is 0.778. The molecule has 0 radical (unpaired) electrons. The van der Waals surface area contributed by atoms with Gasteiger partial charge in [-0.05, 0) is 6.42 Å². The first-order valence-corrected chi connectivity index (χ1v) is 4.14. The van der Waals surface area contributed by atoms with Gasteiger partial charge >= 0.3 is 0 Å². The van der Waals surface area contributed by atoms with Crippen molar-refractivity contribution in [2.75, 3.05) is 5.75 Å². The van der Waals surface area contributed by atoms with Crippen LogP contribution in [0.5, 0.6) is 0 Å². The number of hydrogen-bond donors (Lipinski definition) is 2. The van der Waals surface area contributed by atoms with Gasteiger partial charge in [-0.15, -0.1) is 0 Å². The predicted molar refractivity (Wildman–Crippen MR) is 44.4 cm³/mol. The van der Waals surface area contributed by atoms with Crippen molar-refractivity contribution in [3.05, 3.63) is 0 Å². The Labute approximate surface area is 67.0 Å². The molecule has 10 heavy (non-hydrogen) atoms. The summed E-state index contributed by atoms with van der Waals surface area (Å²) in [6.45, 7) is 1.83. The molecule has 1 N–H and O–H groups in total. The minimum Gasteiger partial charge on any atom is -0.392 e. The van der Waals surface area contributed by atoms with Crippen LogP contribution in [0.2, 0.25) is 0 Å². The standard InChI is InChI=1S/C7H14O2S/c1-2-6(8)3-4-7(9)5-10/h7,9-10H,2-5H2,1H3. The minimum absolute atomic E-state index is 0.209. The third kappa shape index (κ3) is 4.82. The zero-order valence-electron chi connectivity index (χ0n) is 6.21. The third-order valence-corrected chi connectivity index (χ3v) is 1.78. The zero-order valence-corrected chi connectivity index (χ0v) is 7.10. The largest absolute Gasteiger partial charge is 0.392 e. The fraction of sp³-hybridized carbons (Fsp3) is 0.857. The lowest BCUT2D eigenvalue weighted by molar-refractivity contribution is -0.119. The highest BCUT2D eigenvalue weighted by Gasteiger charge is 2.03. The predicted octanol–water partition coefficient (Wildman–Crippen LogP) is 1.04. The van der Waals surface area contributed by atoms with E-state index < -0.39 is 6.10 Å². The maximum atomic E-state index is 10.7. The Kier molecular flexibility index (Phi) is 5.73. The van der Waals surface area contributed by atoms with Gasteiger partial charge in [0.2, 0.25) is 0 Å². The molecule has 0 saturated carbocycles. The van der Waals surface area contributed by atoms with Crippen LogP contribution < -0.4 is 0 Å². The molecule has 3 heteroatoms. The lowest BCUT2D eigenvalue weighted by Crippen LogP contribution is -2.10. The van der Waals surface area contributed by atoms with Crippen molar-refractivity contribution >= 4 is 18.4 Å². The molecule has 0 heterocycles. The quantitative estimate of drug-likeness (QED) is 0.593. The Morgan fingerprint density at radius 2 is 2.30 bits per heavy atom. The SMILES string of the molecule is CCC(=O)CCC(O)CS. The number of thiol groups is 1. The first kappa shape index (κ1) is 9.98. The summed E-state index contributed by atoms with van der Waals surface area (Å²) in [6, 6.07) is 0. The van der Waals surface area contributed by atoms with E-state index in [2.05, 4.69) is 12.6 Å². The molecule has 0 amide bonds. The van der Waals surface area contributed by atoms with Crippen molar-refractivity contribution in [2.45, 2.75) is 32.3 Å². The Hall–Kier alpha value is -0.0200. The molecular formula is C7H14O2S. The second-order valence-corrected chi connectivity index (χ2v) is 2.63. The van der Waals surface area contributed by atoms with Gasteiger partial charge in [0.1, 0.15) is 5.78 Å². The lowest BCUT2D eigenvalue weighted by atomic mass is 10.1. The first-order valence-electron chi connectivity index (χ1n) is 3.51. The molecule has 0 aromatic carbocycles. The Bertz CT molecular complexity index is 104. The van der Waals surface area contributed by atoms with Crippen LogP contribution in [0.15, 0.2) is 0 Å². The number of carbonyl (C=O) groups is 1. The van der Waals surface area contributed by atoms with Crippen LogP contribution in [0.25, 0.3) is 0 Å². The van der Waals surface area contributed by atoms with E-state index in [1.807, 2.05) is 6.92 Å². The summed E-state index contributed by atoms with van der Waals surface area (Å²) in [7, 11) is 0. The molecular weight excluding hydrogens is 148 g/mol. The monoisotopic (exact) mass is 162 g/mol. The molecule has 0 aromatic rings. The number of aliphatic hydroxyl groups is 1. The van der Waals surface area contributed by atoms with Gasteiger partial charge in [-0.1, -0.05) is 6.92 Å². The van der Waals surface area contributed by atoms with Gasteiger partial charge in [0.05, 0.1) is 6.10 Å². The summed E-state index contributed by atoms with van der Waals surface area (Å²) in [5.74, 6) is 0.651. The van der Waals surface area contributed by atoms with Gasteiger partial charge in [-0.3, -0.25) is 4.79 Å². The average Bonchev–Trinajstić information content (AvgIpc) is 1.99. The molecule has 0 spiro atoms. The number of aliphatic hydroxyl groups excluding tert-OH is 1. The summed E-state index contributed by atoms with van der Waals surface area (Å²) in [5.41, 5.74) is 0. The molecule has 1 atom stereocenters. The summed E-state index contributed by atoms with van der Waals surface area (Å²) >= 11 is 3.89. The van der Waals surface area contributed by atoms with Gasteiger partial charge in [-0.25, -0.2) is 0 Å². The van der Waals surface area contributed by atoms with E-state index in [4.69, 9.17) is 5.11 Å². The van der Waals surface area contributed by atoms with Gasteiger partial charge < -0.3 is 5.11 Å². The van der Waals surface area contributed by atoms with E-state index in [0.29, 0.717) is 25.0 Å². The number of carbonyl (C=O) groups excluding carboxylic acids is 1. The number of hydrogen-bond acceptors (Lipinski definition) is 3. The van der Waals surface area contributed by atoms with E-state index in [1.54, 1.807) is 0 Å². The molecule has 0 rings (SSSR count). The van der Waals surface area contributed by atoms with Gasteiger partial charge in [0.25, 0.3) is 0 Å².